The number of rotatable bonds is 8. The Morgan fingerprint density at radius 1 is 1.12 bits per heavy atom. The van der Waals surface area contributed by atoms with Crippen molar-refractivity contribution in [1.82, 2.24) is 14.4 Å². The summed E-state index contributed by atoms with van der Waals surface area (Å²) in [5.41, 5.74) is 2.14. The Labute approximate surface area is 149 Å². The number of ketones is 1. The molecule has 1 rings (SSSR count). The van der Waals surface area contributed by atoms with Crippen molar-refractivity contribution in [3.8, 4) is 0 Å². The van der Waals surface area contributed by atoms with Crippen molar-refractivity contribution in [2.24, 2.45) is 7.05 Å². The zero-order valence-electron chi connectivity index (χ0n) is 16.3. The number of aromatic nitrogens is 1. The van der Waals surface area contributed by atoms with Crippen LogP contribution in [0.3, 0.4) is 0 Å². The molecule has 7 heteroatoms. The van der Waals surface area contributed by atoms with E-state index in [1.807, 2.05) is 19.0 Å². The van der Waals surface area contributed by atoms with Crippen LogP contribution in [0, 0.1) is 13.8 Å². The number of hydrogen-bond acceptors (Lipinski definition) is 5. The Bertz CT molecular complexity index is 662. The summed E-state index contributed by atoms with van der Waals surface area (Å²) in [5.74, 6) is -0.702. The molecule has 0 saturated heterocycles. The first-order valence-electron chi connectivity index (χ1n) is 8.35. The number of hydrogen-bond donors (Lipinski definition) is 0. The second kappa shape index (κ2) is 8.80. The first-order valence-corrected chi connectivity index (χ1v) is 8.35. The topological polar surface area (TPSA) is 71.8 Å². The van der Waals surface area contributed by atoms with Crippen molar-refractivity contribution in [1.29, 1.82) is 0 Å². The summed E-state index contributed by atoms with van der Waals surface area (Å²) in [6.45, 7) is 6.48. The van der Waals surface area contributed by atoms with E-state index in [2.05, 4.69) is 0 Å². The van der Waals surface area contributed by atoms with Crippen LogP contribution in [-0.2, 0) is 16.6 Å². The monoisotopic (exact) mass is 351 g/mol. The lowest BCUT2D eigenvalue weighted by Gasteiger charge is -2.23. The lowest BCUT2D eigenvalue weighted by molar-refractivity contribution is -0.130. The van der Waals surface area contributed by atoms with E-state index in [-0.39, 0.29) is 18.2 Å². The molecule has 1 aromatic rings. The molecule has 0 aliphatic rings. The van der Waals surface area contributed by atoms with Crippen molar-refractivity contribution < 1.29 is 19.1 Å². The number of ether oxygens (including phenoxy) is 1. The molecule has 0 unspecified atom stereocenters. The van der Waals surface area contributed by atoms with Crippen LogP contribution >= 0.6 is 0 Å². The molecule has 0 saturated carbocycles. The van der Waals surface area contributed by atoms with Crippen LogP contribution in [0.4, 0.5) is 0 Å². The molecule has 0 aromatic carbocycles. The third-order valence-electron chi connectivity index (χ3n) is 4.39. The minimum absolute atomic E-state index is 0.00677. The summed E-state index contributed by atoms with van der Waals surface area (Å²) in [5, 5.41) is 0. The fourth-order valence-corrected chi connectivity index (χ4v) is 2.86. The number of amides is 1. The molecule has 25 heavy (non-hydrogen) atoms. The van der Waals surface area contributed by atoms with Gasteiger partial charge in [-0.25, -0.2) is 4.79 Å². The summed E-state index contributed by atoms with van der Waals surface area (Å²) >= 11 is 0. The smallest absolute Gasteiger partial charge is 0.354 e. The van der Waals surface area contributed by atoms with Crippen LogP contribution in [0.1, 0.15) is 45.4 Å². The largest absolute Gasteiger partial charge is 0.464 e. The van der Waals surface area contributed by atoms with Gasteiger partial charge in [-0.2, -0.15) is 0 Å². The molecule has 7 nitrogen and oxygen atoms in total. The third-order valence-corrected chi connectivity index (χ3v) is 4.39. The first kappa shape index (κ1) is 20.9. The van der Waals surface area contributed by atoms with Gasteiger partial charge < -0.3 is 19.1 Å². The van der Waals surface area contributed by atoms with E-state index in [0.29, 0.717) is 42.0 Å². The van der Waals surface area contributed by atoms with Crippen molar-refractivity contribution in [3.05, 3.63) is 22.5 Å². The van der Waals surface area contributed by atoms with Gasteiger partial charge in [-0.05, 0) is 33.5 Å². The Hall–Kier alpha value is -2.15. The number of carbonyl (C=O) groups excluding carboxylic acids is 3. The molecule has 0 fully saturated rings. The number of likely N-dealkylation sites (N-methyl/N-ethyl adjacent to an activating group) is 1. The molecule has 1 aromatic heterocycles. The lowest BCUT2D eigenvalue weighted by Crippen LogP contribution is -2.39. The minimum Gasteiger partial charge on any atom is -0.464 e. The van der Waals surface area contributed by atoms with Crippen LogP contribution in [0.2, 0.25) is 0 Å². The number of methoxy groups -OCH3 is 1. The Morgan fingerprint density at radius 2 is 1.72 bits per heavy atom. The van der Waals surface area contributed by atoms with Gasteiger partial charge in [0.1, 0.15) is 5.69 Å². The highest BCUT2D eigenvalue weighted by Crippen LogP contribution is 2.22. The summed E-state index contributed by atoms with van der Waals surface area (Å²) in [6, 6.07) is 0. The van der Waals surface area contributed by atoms with E-state index in [1.165, 1.54) is 7.11 Å². The van der Waals surface area contributed by atoms with Crippen LogP contribution in [0.15, 0.2) is 0 Å². The fraction of sp³-hybridized carbons (Fsp3) is 0.611. The van der Waals surface area contributed by atoms with Gasteiger partial charge in [0, 0.05) is 37.8 Å². The molecule has 1 heterocycles. The second-order valence-corrected chi connectivity index (χ2v) is 6.38. The van der Waals surface area contributed by atoms with E-state index in [0.717, 1.165) is 0 Å². The van der Waals surface area contributed by atoms with Crippen molar-refractivity contribution in [3.63, 3.8) is 0 Å². The van der Waals surface area contributed by atoms with Gasteiger partial charge in [0.25, 0.3) is 0 Å². The molecule has 0 N–H and O–H groups in total. The quantitative estimate of drug-likeness (QED) is 0.523. The Kier molecular flexibility index (Phi) is 7.36. The van der Waals surface area contributed by atoms with Gasteiger partial charge >= 0.3 is 5.97 Å². The van der Waals surface area contributed by atoms with E-state index in [1.54, 1.807) is 37.3 Å². The molecule has 0 spiro atoms. The Morgan fingerprint density at radius 3 is 2.20 bits per heavy atom. The maximum Gasteiger partial charge on any atom is 0.354 e. The summed E-state index contributed by atoms with van der Waals surface area (Å²) in [7, 11) is 6.88. The molecule has 0 aliphatic carbocycles. The highest BCUT2D eigenvalue weighted by atomic mass is 16.5. The highest BCUT2D eigenvalue weighted by Gasteiger charge is 2.27. The summed E-state index contributed by atoms with van der Waals surface area (Å²) in [6.07, 6.45) is 0.348. The van der Waals surface area contributed by atoms with Crippen molar-refractivity contribution in [2.45, 2.75) is 27.2 Å². The molecule has 0 atom stereocenters. The molecular formula is C18H29N3O4. The fourth-order valence-electron chi connectivity index (χ4n) is 2.86. The van der Waals surface area contributed by atoms with Gasteiger partial charge in [0.15, 0.2) is 5.78 Å². The van der Waals surface area contributed by atoms with E-state index in [9.17, 15) is 14.4 Å². The predicted octanol–water partition coefficient (Wildman–Crippen LogP) is 1.41. The normalized spacial score (nSPS) is 10.9. The molecular weight excluding hydrogens is 322 g/mol. The van der Waals surface area contributed by atoms with Crippen molar-refractivity contribution in [2.75, 3.05) is 40.8 Å². The predicted molar refractivity (Wildman–Crippen MR) is 96.0 cm³/mol. The molecule has 0 bridgehead atoms. The Balaban J connectivity index is 3.13. The van der Waals surface area contributed by atoms with Crippen LogP contribution in [0.5, 0.6) is 0 Å². The van der Waals surface area contributed by atoms with Gasteiger partial charge in [-0.1, -0.05) is 6.92 Å². The van der Waals surface area contributed by atoms with E-state index >= 15 is 0 Å². The molecule has 1 amide bonds. The zero-order chi connectivity index (χ0) is 19.3. The SMILES string of the molecule is CCC(=O)N(CCN(C)C)CC(=O)c1c(C)c(C(=O)OC)n(C)c1C. The standard InChI is InChI=1S/C18H29N3O4/c1-8-15(23)21(10-9-19(4)5)11-14(22)16-12(2)17(18(24)25-7)20(6)13(16)3/h8-11H2,1-7H3. The van der Waals surface area contributed by atoms with Gasteiger partial charge in [-0.3, -0.25) is 9.59 Å². The number of carbonyl (C=O) groups is 3. The van der Waals surface area contributed by atoms with Gasteiger partial charge in [0.2, 0.25) is 5.91 Å². The molecule has 0 radical (unpaired) electrons. The van der Waals surface area contributed by atoms with Crippen LogP contribution < -0.4 is 0 Å². The van der Waals surface area contributed by atoms with Gasteiger partial charge in [0.05, 0.1) is 13.7 Å². The maximum atomic E-state index is 12.9. The first-order chi connectivity index (χ1) is 11.6. The summed E-state index contributed by atoms with van der Waals surface area (Å²) in [4.78, 5) is 40.5. The van der Waals surface area contributed by atoms with E-state index < -0.39 is 5.97 Å². The van der Waals surface area contributed by atoms with Crippen LogP contribution in [-0.4, -0.2) is 72.9 Å². The van der Waals surface area contributed by atoms with E-state index in [4.69, 9.17) is 4.74 Å². The lowest BCUT2D eigenvalue weighted by atomic mass is 10.0. The maximum absolute atomic E-state index is 12.9. The number of nitrogens with zero attached hydrogens (tertiary/aromatic N) is 3. The highest BCUT2D eigenvalue weighted by molar-refractivity contribution is 6.04. The van der Waals surface area contributed by atoms with Gasteiger partial charge in [-0.15, -0.1) is 0 Å². The van der Waals surface area contributed by atoms with Crippen molar-refractivity contribution >= 4 is 17.7 Å². The average Bonchev–Trinajstić information content (AvgIpc) is 2.79. The average molecular weight is 351 g/mol. The number of esters is 1. The molecule has 0 aliphatic heterocycles. The minimum atomic E-state index is -0.476. The molecule has 140 valence electrons. The number of Topliss-reactive ketones (excluding diaryl/α,β-unsaturated/α-hetero) is 1. The van der Waals surface area contributed by atoms with Crippen LogP contribution in [0.25, 0.3) is 0 Å². The second-order valence-electron chi connectivity index (χ2n) is 6.38. The summed E-state index contributed by atoms with van der Waals surface area (Å²) < 4.78 is 6.47. The third kappa shape index (κ3) is 4.69. The zero-order valence-corrected chi connectivity index (χ0v) is 16.3.